The molecule has 0 amide bonds. The standard InChI is InChI=1S/C13H19NO4/c1-2-3-6-10-9-12(15)17-11-7-4-5-8-14(11)18-13(10)16/h9,11H,2-8H2,1H3/b10-9-. The second kappa shape index (κ2) is 6.00. The van der Waals surface area contributed by atoms with Gasteiger partial charge in [0.2, 0.25) is 0 Å². The van der Waals surface area contributed by atoms with Crippen molar-refractivity contribution in [3.63, 3.8) is 0 Å². The highest BCUT2D eigenvalue weighted by atomic mass is 16.7. The molecule has 0 aliphatic carbocycles. The second-order valence-corrected chi connectivity index (χ2v) is 4.68. The summed E-state index contributed by atoms with van der Waals surface area (Å²) in [6.45, 7) is 2.67. The molecule has 0 bridgehead atoms. The summed E-state index contributed by atoms with van der Waals surface area (Å²) in [4.78, 5) is 28.9. The van der Waals surface area contributed by atoms with E-state index in [1.165, 1.54) is 11.1 Å². The third kappa shape index (κ3) is 3.10. The van der Waals surface area contributed by atoms with Crippen molar-refractivity contribution in [2.45, 2.75) is 51.7 Å². The van der Waals surface area contributed by atoms with Gasteiger partial charge >= 0.3 is 11.9 Å². The Morgan fingerprint density at radius 2 is 2.22 bits per heavy atom. The molecule has 1 saturated heterocycles. The predicted octanol–water partition coefficient (Wildman–Crippen LogP) is 1.93. The molecule has 100 valence electrons. The van der Waals surface area contributed by atoms with Crippen molar-refractivity contribution in [3.8, 4) is 0 Å². The summed E-state index contributed by atoms with van der Waals surface area (Å²) in [7, 11) is 0. The summed E-state index contributed by atoms with van der Waals surface area (Å²) in [6.07, 6.45) is 5.90. The second-order valence-electron chi connectivity index (χ2n) is 4.68. The highest BCUT2D eigenvalue weighted by Gasteiger charge is 2.31. The molecule has 2 rings (SSSR count). The maximum atomic E-state index is 11.9. The van der Waals surface area contributed by atoms with Crippen LogP contribution in [0.25, 0.3) is 0 Å². The number of nitrogens with zero attached hydrogens (tertiary/aromatic N) is 1. The number of ether oxygens (including phenoxy) is 1. The first-order valence-corrected chi connectivity index (χ1v) is 6.61. The molecule has 5 heteroatoms. The summed E-state index contributed by atoms with van der Waals surface area (Å²) in [6, 6.07) is 0. The average molecular weight is 253 g/mol. The predicted molar refractivity (Wildman–Crippen MR) is 64.1 cm³/mol. The summed E-state index contributed by atoms with van der Waals surface area (Å²) < 4.78 is 5.29. The van der Waals surface area contributed by atoms with E-state index in [0.717, 1.165) is 32.1 Å². The van der Waals surface area contributed by atoms with Crippen LogP contribution in [0.5, 0.6) is 0 Å². The van der Waals surface area contributed by atoms with Gasteiger partial charge in [-0.05, 0) is 25.7 Å². The van der Waals surface area contributed by atoms with Crippen LogP contribution in [0.15, 0.2) is 11.6 Å². The molecule has 2 aliphatic heterocycles. The van der Waals surface area contributed by atoms with Gasteiger partial charge < -0.3 is 9.57 Å². The molecule has 0 aromatic heterocycles. The Bertz CT molecular complexity index is 364. The number of piperidine rings is 1. The molecule has 1 unspecified atom stereocenters. The number of hydrogen-bond acceptors (Lipinski definition) is 5. The fourth-order valence-electron chi connectivity index (χ4n) is 2.17. The van der Waals surface area contributed by atoms with Crippen molar-refractivity contribution in [2.75, 3.05) is 6.54 Å². The molecule has 2 heterocycles. The SMILES string of the molecule is CCCC/C1=C/C(=O)OC2CCCCN2OC1=O. The van der Waals surface area contributed by atoms with E-state index in [0.29, 0.717) is 18.5 Å². The van der Waals surface area contributed by atoms with Crippen molar-refractivity contribution in [1.29, 1.82) is 0 Å². The maximum absolute atomic E-state index is 11.9. The number of hydrogen-bond donors (Lipinski definition) is 0. The van der Waals surface area contributed by atoms with Crippen LogP contribution in [0, 0.1) is 0 Å². The maximum Gasteiger partial charge on any atom is 0.353 e. The monoisotopic (exact) mass is 253 g/mol. The average Bonchev–Trinajstić information content (AvgIpc) is 2.35. The molecular formula is C13H19NO4. The number of carbonyl (C=O) groups is 2. The number of hydroxylamine groups is 2. The largest absolute Gasteiger partial charge is 0.440 e. The van der Waals surface area contributed by atoms with Gasteiger partial charge in [0.25, 0.3) is 0 Å². The van der Waals surface area contributed by atoms with Crippen LogP contribution in [0.2, 0.25) is 0 Å². The van der Waals surface area contributed by atoms with E-state index >= 15 is 0 Å². The van der Waals surface area contributed by atoms with Gasteiger partial charge in [0.15, 0.2) is 6.23 Å². The topological polar surface area (TPSA) is 55.8 Å². The zero-order valence-corrected chi connectivity index (χ0v) is 10.7. The van der Waals surface area contributed by atoms with Gasteiger partial charge in [-0.2, -0.15) is 0 Å². The molecule has 1 fully saturated rings. The number of fused-ring (bicyclic) bond motifs is 1. The van der Waals surface area contributed by atoms with Crippen molar-refractivity contribution in [2.24, 2.45) is 0 Å². The number of esters is 1. The Labute approximate surface area is 107 Å². The Balaban J connectivity index is 2.11. The normalized spacial score (nSPS) is 28.3. The smallest absolute Gasteiger partial charge is 0.353 e. The third-order valence-electron chi connectivity index (χ3n) is 3.21. The lowest BCUT2D eigenvalue weighted by Crippen LogP contribution is -2.44. The van der Waals surface area contributed by atoms with E-state index in [2.05, 4.69) is 0 Å². The molecule has 0 N–H and O–H groups in total. The molecule has 0 aromatic carbocycles. The van der Waals surface area contributed by atoms with Crippen LogP contribution in [0.1, 0.15) is 45.4 Å². The Kier molecular flexibility index (Phi) is 4.36. The Hall–Kier alpha value is -1.36. The van der Waals surface area contributed by atoms with Gasteiger partial charge in [0, 0.05) is 24.6 Å². The van der Waals surface area contributed by atoms with Crippen LogP contribution in [-0.4, -0.2) is 29.8 Å². The zero-order valence-electron chi connectivity index (χ0n) is 10.7. The first kappa shape index (κ1) is 13.1. The third-order valence-corrected chi connectivity index (χ3v) is 3.21. The Morgan fingerprint density at radius 3 is 3.00 bits per heavy atom. The molecule has 0 radical (unpaired) electrons. The van der Waals surface area contributed by atoms with Gasteiger partial charge in [-0.1, -0.05) is 18.4 Å². The lowest BCUT2D eigenvalue weighted by Gasteiger charge is -2.34. The lowest BCUT2D eigenvalue weighted by atomic mass is 10.1. The van der Waals surface area contributed by atoms with Gasteiger partial charge in [-0.3, -0.25) is 0 Å². The van der Waals surface area contributed by atoms with E-state index in [-0.39, 0.29) is 0 Å². The van der Waals surface area contributed by atoms with Crippen LogP contribution >= 0.6 is 0 Å². The number of unbranched alkanes of at least 4 members (excludes halogenated alkanes) is 1. The lowest BCUT2D eigenvalue weighted by molar-refractivity contribution is -0.248. The minimum Gasteiger partial charge on any atom is -0.440 e. The van der Waals surface area contributed by atoms with E-state index in [1.54, 1.807) is 0 Å². The molecule has 0 saturated carbocycles. The molecular weight excluding hydrogens is 234 g/mol. The van der Waals surface area contributed by atoms with E-state index < -0.39 is 18.2 Å². The first-order chi connectivity index (χ1) is 8.70. The molecule has 1 atom stereocenters. The van der Waals surface area contributed by atoms with E-state index in [1.807, 2.05) is 6.92 Å². The van der Waals surface area contributed by atoms with Crippen molar-refractivity contribution < 1.29 is 19.2 Å². The summed E-state index contributed by atoms with van der Waals surface area (Å²) in [5.74, 6) is -0.846. The first-order valence-electron chi connectivity index (χ1n) is 6.61. The molecule has 18 heavy (non-hydrogen) atoms. The Morgan fingerprint density at radius 1 is 1.39 bits per heavy atom. The fraction of sp³-hybridized carbons (Fsp3) is 0.692. The number of rotatable bonds is 3. The molecule has 0 spiro atoms. The summed E-state index contributed by atoms with van der Waals surface area (Å²) in [5, 5.41) is 1.50. The zero-order chi connectivity index (χ0) is 13.0. The molecule has 2 aliphatic rings. The van der Waals surface area contributed by atoms with Gasteiger partial charge in [-0.15, -0.1) is 0 Å². The highest BCUT2D eigenvalue weighted by Crippen LogP contribution is 2.22. The van der Waals surface area contributed by atoms with Crippen LogP contribution in [0.4, 0.5) is 0 Å². The van der Waals surface area contributed by atoms with E-state index in [4.69, 9.17) is 9.57 Å². The van der Waals surface area contributed by atoms with Crippen LogP contribution in [-0.2, 0) is 19.2 Å². The van der Waals surface area contributed by atoms with Crippen molar-refractivity contribution in [3.05, 3.63) is 11.6 Å². The van der Waals surface area contributed by atoms with Crippen LogP contribution < -0.4 is 0 Å². The van der Waals surface area contributed by atoms with Gasteiger partial charge in [-0.25, -0.2) is 9.59 Å². The molecule has 0 aromatic rings. The number of carbonyl (C=O) groups excluding carboxylic acids is 2. The van der Waals surface area contributed by atoms with Crippen LogP contribution in [0.3, 0.4) is 0 Å². The summed E-state index contributed by atoms with van der Waals surface area (Å²) >= 11 is 0. The minimum atomic E-state index is -0.436. The minimum absolute atomic E-state index is 0.408. The van der Waals surface area contributed by atoms with E-state index in [9.17, 15) is 9.59 Å². The summed E-state index contributed by atoms with van der Waals surface area (Å²) in [5.41, 5.74) is 0.408. The van der Waals surface area contributed by atoms with Gasteiger partial charge in [0.1, 0.15) is 0 Å². The van der Waals surface area contributed by atoms with Crippen molar-refractivity contribution in [1.82, 2.24) is 5.06 Å². The van der Waals surface area contributed by atoms with Crippen molar-refractivity contribution >= 4 is 11.9 Å². The van der Waals surface area contributed by atoms with Gasteiger partial charge in [0.05, 0.1) is 0 Å². The highest BCUT2D eigenvalue weighted by molar-refractivity contribution is 5.96. The fourth-order valence-corrected chi connectivity index (χ4v) is 2.17. The quantitative estimate of drug-likeness (QED) is 0.719. The molecule has 5 nitrogen and oxygen atoms in total.